The summed E-state index contributed by atoms with van der Waals surface area (Å²) in [5.41, 5.74) is 7.69. The monoisotopic (exact) mass is 282 g/mol. The van der Waals surface area contributed by atoms with Crippen molar-refractivity contribution in [1.29, 1.82) is 0 Å². The molecule has 2 rings (SSSR count). The van der Waals surface area contributed by atoms with E-state index in [4.69, 9.17) is 5.73 Å². The van der Waals surface area contributed by atoms with Crippen molar-refractivity contribution in [1.82, 2.24) is 15.1 Å². The van der Waals surface area contributed by atoms with Gasteiger partial charge in [0.2, 0.25) is 0 Å². The third kappa shape index (κ3) is 2.88. The number of carbonyl (C=O) groups is 1. The van der Waals surface area contributed by atoms with Gasteiger partial charge in [-0.2, -0.15) is 16.9 Å². The smallest absolute Gasteiger partial charge is 0.271 e. The lowest BCUT2D eigenvalue weighted by atomic mass is 10.2. The van der Waals surface area contributed by atoms with Crippen molar-refractivity contribution >= 4 is 23.4 Å². The molecule has 19 heavy (non-hydrogen) atoms. The van der Waals surface area contributed by atoms with Gasteiger partial charge in [0.15, 0.2) is 0 Å². The summed E-state index contributed by atoms with van der Waals surface area (Å²) in [6.45, 7) is 4.44. The van der Waals surface area contributed by atoms with Crippen molar-refractivity contribution in [3.63, 3.8) is 0 Å². The van der Waals surface area contributed by atoms with Crippen molar-refractivity contribution in [3.8, 4) is 0 Å². The summed E-state index contributed by atoms with van der Waals surface area (Å²) in [5.74, 6) is -0.0910. The molecular weight excluding hydrogens is 260 g/mol. The summed E-state index contributed by atoms with van der Waals surface area (Å²) in [7, 11) is 0. The lowest BCUT2D eigenvalue weighted by molar-refractivity contribution is 0.0928. The topological polar surface area (TPSA) is 72.9 Å². The zero-order valence-electron chi connectivity index (χ0n) is 11.8. The number of amides is 1. The van der Waals surface area contributed by atoms with E-state index in [2.05, 4.69) is 16.7 Å². The average Bonchev–Trinajstić information content (AvgIpc) is 2.95. The van der Waals surface area contributed by atoms with Gasteiger partial charge in [-0.3, -0.25) is 9.48 Å². The number of nitrogens with two attached hydrogens (primary N) is 1. The maximum atomic E-state index is 12.4. The molecular formula is C13H22N4OS. The summed E-state index contributed by atoms with van der Waals surface area (Å²) in [5, 5.41) is 8.04. The molecule has 1 aliphatic rings. The van der Waals surface area contributed by atoms with E-state index in [1.54, 1.807) is 4.68 Å². The maximum Gasteiger partial charge on any atom is 0.271 e. The van der Waals surface area contributed by atoms with Crippen LogP contribution in [0.2, 0.25) is 0 Å². The molecule has 1 fully saturated rings. The Morgan fingerprint density at radius 2 is 2.32 bits per heavy atom. The van der Waals surface area contributed by atoms with Gasteiger partial charge in [-0.1, -0.05) is 0 Å². The molecule has 1 aromatic rings. The highest BCUT2D eigenvalue weighted by atomic mass is 32.2. The van der Waals surface area contributed by atoms with Crippen molar-refractivity contribution in [2.45, 2.75) is 50.9 Å². The number of rotatable bonds is 4. The molecule has 0 radical (unpaired) electrons. The third-order valence-corrected chi connectivity index (χ3v) is 4.84. The quantitative estimate of drug-likeness (QED) is 0.883. The number of hydrogen-bond acceptors (Lipinski definition) is 4. The zero-order chi connectivity index (χ0) is 14.0. The molecule has 1 saturated carbocycles. The number of aromatic nitrogens is 2. The SMILES string of the molecule is CCn1nc(C)c(N)c1C(=O)NC1CCC(SC)C1. The summed E-state index contributed by atoms with van der Waals surface area (Å²) < 4.78 is 1.68. The van der Waals surface area contributed by atoms with E-state index in [1.165, 1.54) is 6.42 Å². The Kier molecular flexibility index (Phi) is 4.39. The van der Waals surface area contributed by atoms with Crippen molar-refractivity contribution < 1.29 is 4.79 Å². The molecule has 5 nitrogen and oxygen atoms in total. The van der Waals surface area contributed by atoms with Crippen LogP contribution in [-0.2, 0) is 6.54 Å². The first-order chi connectivity index (χ1) is 9.06. The maximum absolute atomic E-state index is 12.4. The van der Waals surface area contributed by atoms with Crippen LogP contribution >= 0.6 is 11.8 Å². The Labute approximate surface area is 118 Å². The minimum Gasteiger partial charge on any atom is -0.395 e. The van der Waals surface area contributed by atoms with Crippen LogP contribution in [0.3, 0.4) is 0 Å². The van der Waals surface area contributed by atoms with Crippen LogP contribution in [0.5, 0.6) is 0 Å². The molecule has 0 bridgehead atoms. The Morgan fingerprint density at radius 1 is 1.58 bits per heavy atom. The van der Waals surface area contributed by atoms with E-state index in [1.807, 2.05) is 25.6 Å². The van der Waals surface area contributed by atoms with Gasteiger partial charge < -0.3 is 11.1 Å². The molecule has 0 saturated heterocycles. The van der Waals surface area contributed by atoms with Gasteiger partial charge in [-0.25, -0.2) is 0 Å². The molecule has 0 spiro atoms. The fourth-order valence-electron chi connectivity index (χ4n) is 2.60. The minimum absolute atomic E-state index is 0.0910. The zero-order valence-corrected chi connectivity index (χ0v) is 12.6. The predicted octanol–water partition coefficient (Wildman–Crippen LogP) is 1.81. The lowest BCUT2D eigenvalue weighted by Crippen LogP contribution is -2.35. The van der Waals surface area contributed by atoms with E-state index in [0.29, 0.717) is 23.2 Å². The summed E-state index contributed by atoms with van der Waals surface area (Å²) in [6.07, 6.45) is 5.40. The van der Waals surface area contributed by atoms with Gasteiger partial charge in [-0.05, 0) is 39.4 Å². The predicted molar refractivity (Wildman–Crippen MR) is 79.5 cm³/mol. The molecule has 1 aromatic heterocycles. The molecule has 1 aliphatic carbocycles. The highest BCUT2D eigenvalue weighted by molar-refractivity contribution is 7.99. The molecule has 6 heteroatoms. The number of nitrogens with one attached hydrogen (secondary N) is 1. The summed E-state index contributed by atoms with van der Waals surface area (Å²) in [4.78, 5) is 12.4. The Morgan fingerprint density at radius 3 is 2.89 bits per heavy atom. The van der Waals surface area contributed by atoms with Gasteiger partial charge in [0, 0.05) is 17.8 Å². The lowest BCUT2D eigenvalue weighted by Gasteiger charge is -2.13. The number of nitrogen functional groups attached to an aromatic ring is 1. The second-order valence-corrected chi connectivity index (χ2v) is 6.14. The third-order valence-electron chi connectivity index (χ3n) is 3.74. The van der Waals surface area contributed by atoms with Crippen LogP contribution in [0.4, 0.5) is 5.69 Å². The standard InChI is InChI=1S/C13H22N4OS/c1-4-17-12(11(14)8(2)16-17)13(18)15-9-5-6-10(7-9)19-3/h9-10H,4-7,14H2,1-3H3,(H,15,18). The van der Waals surface area contributed by atoms with Crippen LogP contribution in [0.25, 0.3) is 0 Å². The van der Waals surface area contributed by atoms with Gasteiger partial charge in [0.05, 0.1) is 11.4 Å². The van der Waals surface area contributed by atoms with E-state index >= 15 is 0 Å². The van der Waals surface area contributed by atoms with Crippen molar-refractivity contribution in [2.24, 2.45) is 0 Å². The van der Waals surface area contributed by atoms with Gasteiger partial charge in [0.1, 0.15) is 5.69 Å². The molecule has 2 unspecified atom stereocenters. The number of aryl methyl sites for hydroxylation is 2. The highest BCUT2D eigenvalue weighted by Gasteiger charge is 2.27. The first-order valence-electron chi connectivity index (χ1n) is 6.73. The van der Waals surface area contributed by atoms with E-state index < -0.39 is 0 Å². The number of nitrogens with zero attached hydrogens (tertiary/aromatic N) is 2. The normalized spacial score (nSPS) is 22.7. The summed E-state index contributed by atoms with van der Waals surface area (Å²) >= 11 is 1.88. The Bertz CT molecular complexity index is 471. The number of thioether (sulfide) groups is 1. The van der Waals surface area contributed by atoms with E-state index in [0.717, 1.165) is 18.5 Å². The molecule has 0 aromatic carbocycles. The highest BCUT2D eigenvalue weighted by Crippen LogP contribution is 2.28. The average molecular weight is 282 g/mol. The first-order valence-corrected chi connectivity index (χ1v) is 8.02. The second kappa shape index (κ2) is 5.86. The Balaban J connectivity index is 2.08. The number of anilines is 1. The largest absolute Gasteiger partial charge is 0.395 e. The van der Waals surface area contributed by atoms with Crippen molar-refractivity contribution in [2.75, 3.05) is 12.0 Å². The van der Waals surface area contributed by atoms with Crippen LogP contribution in [0.1, 0.15) is 42.4 Å². The second-order valence-electron chi connectivity index (χ2n) is 5.00. The van der Waals surface area contributed by atoms with Crippen LogP contribution in [-0.4, -0.2) is 33.2 Å². The van der Waals surface area contributed by atoms with Gasteiger partial charge in [-0.15, -0.1) is 0 Å². The molecule has 2 atom stereocenters. The molecule has 106 valence electrons. The fraction of sp³-hybridized carbons (Fsp3) is 0.692. The van der Waals surface area contributed by atoms with Crippen LogP contribution in [0, 0.1) is 6.92 Å². The number of hydrogen-bond donors (Lipinski definition) is 2. The van der Waals surface area contributed by atoms with Crippen LogP contribution < -0.4 is 11.1 Å². The minimum atomic E-state index is -0.0910. The Hall–Kier alpha value is -1.17. The van der Waals surface area contributed by atoms with Crippen molar-refractivity contribution in [3.05, 3.63) is 11.4 Å². The van der Waals surface area contributed by atoms with Crippen LogP contribution in [0.15, 0.2) is 0 Å². The van der Waals surface area contributed by atoms with Gasteiger partial charge in [0.25, 0.3) is 5.91 Å². The molecule has 1 amide bonds. The fourth-order valence-corrected chi connectivity index (χ4v) is 3.40. The van der Waals surface area contributed by atoms with E-state index in [-0.39, 0.29) is 11.9 Å². The molecule has 3 N–H and O–H groups in total. The van der Waals surface area contributed by atoms with Gasteiger partial charge >= 0.3 is 0 Å². The summed E-state index contributed by atoms with van der Waals surface area (Å²) in [6, 6.07) is 0.268. The first kappa shape index (κ1) is 14.2. The number of carbonyl (C=O) groups excluding carboxylic acids is 1. The molecule has 1 heterocycles. The van der Waals surface area contributed by atoms with E-state index in [9.17, 15) is 4.79 Å². The molecule has 0 aliphatic heterocycles.